The molecule has 0 saturated carbocycles. The summed E-state index contributed by atoms with van der Waals surface area (Å²) >= 11 is 0. The maximum atomic E-state index is 11.9. The summed E-state index contributed by atoms with van der Waals surface area (Å²) in [5, 5.41) is 6.76. The zero-order valence-electron chi connectivity index (χ0n) is 12.2. The lowest BCUT2D eigenvalue weighted by Gasteiger charge is -2.34. The van der Waals surface area contributed by atoms with Crippen LogP contribution in [0, 0.1) is 6.92 Å². The summed E-state index contributed by atoms with van der Waals surface area (Å²) in [5.41, 5.74) is 0.799. The van der Waals surface area contributed by atoms with Gasteiger partial charge in [0, 0.05) is 31.7 Å². The lowest BCUT2D eigenvalue weighted by atomic mass is 10.1. The third-order valence-corrected chi connectivity index (χ3v) is 3.58. The van der Waals surface area contributed by atoms with Gasteiger partial charge in [0.2, 0.25) is 5.91 Å². The molecule has 1 amide bonds. The van der Waals surface area contributed by atoms with E-state index in [4.69, 9.17) is 9.26 Å². The molecule has 1 aromatic rings. The van der Waals surface area contributed by atoms with E-state index in [0.29, 0.717) is 18.3 Å². The molecule has 2 heterocycles. The highest BCUT2D eigenvalue weighted by Crippen LogP contribution is 2.07. The number of rotatable bonds is 6. The van der Waals surface area contributed by atoms with Gasteiger partial charge in [0.25, 0.3) is 0 Å². The van der Waals surface area contributed by atoms with Gasteiger partial charge in [-0.05, 0) is 13.3 Å². The Hall–Kier alpha value is -1.40. The lowest BCUT2D eigenvalue weighted by molar-refractivity contribution is -0.121. The van der Waals surface area contributed by atoms with Crippen LogP contribution >= 0.6 is 0 Å². The molecular formula is C14H23N3O3. The van der Waals surface area contributed by atoms with Crippen LogP contribution in [0.15, 0.2) is 10.6 Å². The number of amides is 1. The van der Waals surface area contributed by atoms with Crippen LogP contribution in [0.1, 0.15) is 24.8 Å². The van der Waals surface area contributed by atoms with E-state index in [0.717, 1.165) is 38.4 Å². The summed E-state index contributed by atoms with van der Waals surface area (Å²) in [5.74, 6) is 0.590. The number of nitrogens with zero attached hydrogens (tertiary/aromatic N) is 2. The monoisotopic (exact) mass is 281 g/mol. The number of carbonyl (C=O) groups is 1. The fourth-order valence-corrected chi connectivity index (χ4v) is 2.43. The van der Waals surface area contributed by atoms with Gasteiger partial charge in [0.15, 0.2) is 0 Å². The molecule has 2 rings (SSSR count). The zero-order chi connectivity index (χ0) is 14.4. The molecule has 1 saturated heterocycles. The van der Waals surface area contributed by atoms with Gasteiger partial charge >= 0.3 is 0 Å². The van der Waals surface area contributed by atoms with Crippen LogP contribution in [-0.2, 0) is 16.0 Å². The Morgan fingerprint density at radius 3 is 2.85 bits per heavy atom. The summed E-state index contributed by atoms with van der Waals surface area (Å²) in [4.78, 5) is 14.3. The molecule has 0 bridgehead atoms. The van der Waals surface area contributed by atoms with E-state index in [1.807, 2.05) is 6.92 Å². The molecule has 0 spiro atoms. The average molecular weight is 281 g/mol. The molecule has 20 heavy (non-hydrogen) atoms. The van der Waals surface area contributed by atoms with Crippen molar-refractivity contribution in [2.75, 3.05) is 32.8 Å². The van der Waals surface area contributed by atoms with Crippen molar-refractivity contribution >= 4 is 5.91 Å². The Morgan fingerprint density at radius 2 is 2.25 bits per heavy atom. The number of morpholine rings is 1. The SMILES string of the molecule is CCC(CNC(=O)Cc1cc(C)no1)N1CCOCC1. The van der Waals surface area contributed by atoms with Gasteiger partial charge in [0.05, 0.1) is 25.3 Å². The second-order valence-electron chi connectivity index (χ2n) is 5.13. The van der Waals surface area contributed by atoms with Crippen molar-refractivity contribution in [2.24, 2.45) is 0 Å². The summed E-state index contributed by atoms with van der Waals surface area (Å²) < 4.78 is 10.4. The predicted octanol–water partition coefficient (Wildman–Crippen LogP) is 0.753. The number of aromatic nitrogens is 1. The Kier molecular flexibility index (Phi) is 5.55. The van der Waals surface area contributed by atoms with Crippen molar-refractivity contribution in [2.45, 2.75) is 32.7 Å². The normalized spacial score (nSPS) is 17.9. The summed E-state index contributed by atoms with van der Waals surface area (Å²) in [6, 6.07) is 2.16. The second-order valence-corrected chi connectivity index (χ2v) is 5.13. The number of aryl methyl sites for hydroxylation is 1. The second kappa shape index (κ2) is 7.40. The number of hydrogen-bond acceptors (Lipinski definition) is 5. The van der Waals surface area contributed by atoms with Crippen molar-refractivity contribution in [1.82, 2.24) is 15.4 Å². The highest BCUT2D eigenvalue weighted by molar-refractivity contribution is 5.77. The van der Waals surface area contributed by atoms with Gasteiger partial charge in [-0.25, -0.2) is 0 Å². The largest absolute Gasteiger partial charge is 0.379 e. The first-order chi connectivity index (χ1) is 9.69. The van der Waals surface area contributed by atoms with E-state index in [9.17, 15) is 4.79 Å². The highest BCUT2D eigenvalue weighted by Gasteiger charge is 2.20. The first-order valence-corrected chi connectivity index (χ1v) is 7.19. The molecule has 1 N–H and O–H groups in total. The molecule has 6 heteroatoms. The molecule has 0 radical (unpaired) electrons. The Labute approximate surface area is 119 Å². The minimum Gasteiger partial charge on any atom is -0.379 e. The van der Waals surface area contributed by atoms with Crippen LogP contribution in [0.25, 0.3) is 0 Å². The number of ether oxygens (including phenoxy) is 1. The lowest BCUT2D eigenvalue weighted by Crippen LogP contribution is -2.48. The van der Waals surface area contributed by atoms with Gasteiger partial charge in [-0.15, -0.1) is 0 Å². The molecule has 6 nitrogen and oxygen atoms in total. The van der Waals surface area contributed by atoms with Gasteiger partial charge in [-0.2, -0.15) is 0 Å². The molecular weight excluding hydrogens is 258 g/mol. The molecule has 112 valence electrons. The van der Waals surface area contributed by atoms with E-state index in [-0.39, 0.29) is 12.3 Å². The minimum atomic E-state index is -0.0205. The Balaban J connectivity index is 1.75. The van der Waals surface area contributed by atoms with Gasteiger partial charge in [-0.3, -0.25) is 9.69 Å². The Morgan fingerprint density at radius 1 is 1.50 bits per heavy atom. The van der Waals surface area contributed by atoms with Crippen LogP contribution in [0.5, 0.6) is 0 Å². The number of hydrogen-bond donors (Lipinski definition) is 1. The van der Waals surface area contributed by atoms with Gasteiger partial charge in [0.1, 0.15) is 5.76 Å². The molecule has 0 aliphatic carbocycles. The van der Waals surface area contributed by atoms with Crippen molar-refractivity contribution < 1.29 is 14.1 Å². The summed E-state index contributed by atoms with van der Waals surface area (Å²) in [6.45, 7) is 8.10. The summed E-state index contributed by atoms with van der Waals surface area (Å²) in [7, 11) is 0. The number of nitrogens with one attached hydrogen (secondary N) is 1. The topological polar surface area (TPSA) is 67.6 Å². The van der Waals surface area contributed by atoms with E-state index >= 15 is 0 Å². The van der Waals surface area contributed by atoms with E-state index in [1.54, 1.807) is 6.07 Å². The van der Waals surface area contributed by atoms with E-state index in [1.165, 1.54) is 0 Å². The molecule has 1 atom stereocenters. The van der Waals surface area contributed by atoms with Gasteiger partial charge in [-0.1, -0.05) is 12.1 Å². The van der Waals surface area contributed by atoms with Crippen molar-refractivity contribution in [3.8, 4) is 0 Å². The van der Waals surface area contributed by atoms with E-state index < -0.39 is 0 Å². The smallest absolute Gasteiger partial charge is 0.227 e. The maximum absolute atomic E-state index is 11.9. The quantitative estimate of drug-likeness (QED) is 0.833. The Bertz CT molecular complexity index is 427. The van der Waals surface area contributed by atoms with Crippen molar-refractivity contribution in [3.05, 3.63) is 17.5 Å². The number of carbonyl (C=O) groups excluding carboxylic acids is 1. The van der Waals surface area contributed by atoms with Crippen molar-refractivity contribution in [3.63, 3.8) is 0 Å². The molecule has 0 aromatic carbocycles. The highest BCUT2D eigenvalue weighted by atomic mass is 16.5. The predicted molar refractivity (Wildman–Crippen MR) is 74.4 cm³/mol. The molecule has 1 aliphatic rings. The molecule has 1 aromatic heterocycles. The van der Waals surface area contributed by atoms with Crippen LogP contribution in [0.3, 0.4) is 0 Å². The standard InChI is InChI=1S/C14H23N3O3/c1-3-12(17-4-6-19-7-5-17)10-15-14(18)9-13-8-11(2)16-20-13/h8,12H,3-7,9-10H2,1-2H3,(H,15,18). The third kappa shape index (κ3) is 4.31. The van der Waals surface area contributed by atoms with Crippen LogP contribution < -0.4 is 5.32 Å². The molecule has 1 aliphatic heterocycles. The average Bonchev–Trinajstić information content (AvgIpc) is 2.86. The van der Waals surface area contributed by atoms with Crippen LogP contribution in [0.2, 0.25) is 0 Å². The van der Waals surface area contributed by atoms with Crippen LogP contribution in [0.4, 0.5) is 0 Å². The fourth-order valence-electron chi connectivity index (χ4n) is 2.43. The fraction of sp³-hybridized carbons (Fsp3) is 0.714. The molecule has 1 unspecified atom stereocenters. The van der Waals surface area contributed by atoms with Crippen LogP contribution in [-0.4, -0.2) is 54.9 Å². The van der Waals surface area contributed by atoms with E-state index in [2.05, 4.69) is 22.3 Å². The minimum absolute atomic E-state index is 0.0205. The first kappa shape index (κ1) is 15.0. The third-order valence-electron chi connectivity index (χ3n) is 3.58. The maximum Gasteiger partial charge on any atom is 0.227 e. The van der Waals surface area contributed by atoms with Gasteiger partial charge < -0.3 is 14.6 Å². The van der Waals surface area contributed by atoms with Crippen molar-refractivity contribution in [1.29, 1.82) is 0 Å². The summed E-state index contributed by atoms with van der Waals surface area (Å²) in [6.07, 6.45) is 1.27. The molecule has 1 fully saturated rings. The zero-order valence-corrected chi connectivity index (χ0v) is 12.2. The first-order valence-electron chi connectivity index (χ1n) is 7.19.